The van der Waals surface area contributed by atoms with E-state index < -0.39 is 0 Å². The summed E-state index contributed by atoms with van der Waals surface area (Å²) < 4.78 is 5.39. The lowest BCUT2D eigenvalue weighted by atomic mass is 10.0. The molecular formula is C17H19ClN2O2. The van der Waals surface area contributed by atoms with Gasteiger partial charge in [0.15, 0.2) is 0 Å². The first-order chi connectivity index (χ1) is 10.5. The van der Waals surface area contributed by atoms with E-state index in [2.05, 4.69) is 11.1 Å². The predicted octanol–water partition coefficient (Wildman–Crippen LogP) is 3.37. The molecule has 0 bridgehead atoms. The summed E-state index contributed by atoms with van der Waals surface area (Å²) in [6, 6.07) is 6.00. The summed E-state index contributed by atoms with van der Waals surface area (Å²) in [5.74, 6) is -0.0747. The smallest absolute Gasteiger partial charge is 0.257 e. The van der Waals surface area contributed by atoms with Crippen LogP contribution in [0, 0.1) is 13.8 Å². The number of nitrogens with zero attached hydrogens (tertiary/aromatic N) is 2. The molecule has 1 aliphatic rings. The van der Waals surface area contributed by atoms with Gasteiger partial charge < -0.3 is 9.64 Å². The summed E-state index contributed by atoms with van der Waals surface area (Å²) in [5.41, 5.74) is 3.53. The number of benzene rings is 1. The van der Waals surface area contributed by atoms with Crippen LogP contribution in [0.2, 0.25) is 5.15 Å². The van der Waals surface area contributed by atoms with E-state index in [0.717, 1.165) is 22.0 Å². The molecule has 2 heterocycles. The zero-order chi connectivity index (χ0) is 15.9. The Labute approximate surface area is 135 Å². The van der Waals surface area contributed by atoms with E-state index in [-0.39, 0.29) is 17.1 Å². The molecule has 0 aliphatic carbocycles. The third-order valence-corrected chi connectivity index (χ3v) is 4.35. The molecule has 2 aromatic rings. The van der Waals surface area contributed by atoms with Crippen molar-refractivity contribution in [1.82, 2.24) is 9.88 Å². The number of hydrogen-bond donors (Lipinski definition) is 0. The summed E-state index contributed by atoms with van der Waals surface area (Å²) in [6.07, 6.45) is 0. The van der Waals surface area contributed by atoms with Gasteiger partial charge in [-0.3, -0.25) is 4.79 Å². The third kappa shape index (κ3) is 2.69. The molecule has 1 atom stereocenters. The van der Waals surface area contributed by atoms with E-state index in [0.29, 0.717) is 25.3 Å². The first kappa shape index (κ1) is 15.3. The van der Waals surface area contributed by atoms with E-state index in [1.54, 1.807) is 4.90 Å². The Morgan fingerprint density at radius 3 is 2.86 bits per heavy atom. The minimum absolute atomic E-state index is 0.0484. The summed E-state index contributed by atoms with van der Waals surface area (Å²) in [5, 5.41) is 1.22. The van der Waals surface area contributed by atoms with Crippen LogP contribution in [0.5, 0.6) is 0 Å². The van der Waals surface area contributed by atoms with Crippen molar-refractivity contribution in [3.8, 4) is 0 Å². The van der Waals surface area contributed by atoms with Crippen LogP contribution in [0.4, 0.5) is 0 Å². The number of hydrogen-bond acceptors (Lipinski definition) is 3. The van der Waals surface area contributed by atoms with Gasteiger partial charge in [0, 0.05) is 11.9 Å². The van der Waals surface area contributed by atoms with E-state index >= 15 is 0 Å². The number of aromatic nitrogens is 1. The van der Waals surface area contributed by atoms with Gasteiger partial charge in [0.05, 0.1) is 30.3 Å². The number of amides is 1. The van der Waals surface area contributed by atoms with Crippen molar-refractivity contribution >= 4 is 28.4 Å². The minimum atomic E-state index is -0.0747. The fraction of sp³-hybridized carbons (Fsp3) is 0.412. The highest BCUT2D eigenvalue weighted by Crippen LogP contribution is 2.26. The predicted molar refractivity (Wildman–Crippen MR) is 87.5 cm³/mol. The molecule has 1 aliphatic heterocycles. The minimum Gasteiger partial charge on any atom is -0.377 e. The third-order valence-electron chi connectivity index (χ3n) is 4.07. The fourth-order valence-corrected chi connectivity index (χ4v) is 3.18. The molecular weight excluding hydrogens is 300 g/mol. The van der Waals surface area contributed by atoms with Gasteiger partial charge in [0.2, 0.25) is 0 Å². The van der Waals surface area contributed by atoms with Crippen molar-refractivity contribution in [3.05, 3.63) is 40.0 Å². The second-order valence-electron chi connectivity index (χ2n) is 5.90. The van der Waals surface area contributed by atoms with Crippen molar-refractivity contribution in [1.29, 1.82) is 0 Å². The SMILES string of the molecule is Cc1cc(C)c2nc(Cl)c(C(=O)N3CCOCC3C)cc2c1. The van der Waals surface area contributed by atoms with Crippen LogP contribution in [-0.2, 0) is 4.74 Å². The molecule has 5 heteroatoms. The van der Waals surface area contributed by atoms with Gasteiger partial charge in [-0.2, -0.15) is 0 Å². The summed E-state index contributed by atoms with van der Waals surface area (Å²) in [7, 11) is 0. The van der Waals surface area contributed by atoms with E-state index in [1.165, 1.54) is 0 Å². The van der Waals surface area contributed by atoms with Gasteiger partial charge in [0.1, 0.15) is 5.15 Å². The lowest BCUT2D eigenvalue weighted by molar-refractivity contribution is 0.00359. The Bertz CT molecular complexity index is 745. The van der Waals surface area contributed by atoms with Crippen LogP contribution in [0.15, 0.2) is 18.2 Å². The Hall–Kier alpha value is -1.65. The van der Waals surface area contributed by atoms with Crippen LogP contribution < -0.4 is 0 Å². The average Bonchev–Trinajstić information content (AvgIpc) is 2.47. The fourth-order valence-electron chi connectivity index (χ4n) is 2.96. The van der Waals surface area contributed by atoms with Crippen LogP contribution >= 0.6 is 11.6 Å². The van der Waals surface area contributed by atoms with Gasteiger partial charge in [-0.1, -0.05) is 23.2 Å². The molecule has 1 saturated heterocycles. The maximum absolute atomic E-state index is 12.8. The molecule has 22 heavy (non-hydrogen) atoms. The average molecular weight is 319 g/mol. The molecule has 1 aromatic heterocycles. The molecule has 1 aromatic carbocycles. The zero-order valence-corrected chi connectivity index (χ0v) is 13.8. The van der Waals surface area contributed by atoms with Crippen molar-refractivity contribution in [2.45, 2.75) is 26.8 Å². The van der Waals surface area contributed by atoms with Gasteiger partial charge in [-0.05, 0) is 38.5 Å². The Kier molecular flexibility index (Phi) is 4.06. The number of fused-ring (bicyclic) bond motifs is 1. The number of ether oxygens (including phenoxy) is 1. The second-order valence-corrected chi connectivity index (χ2v) is 6.26. The molecule has 1 unspecified atom stereocenters. The standard InChI is InChI=1S/C17H19ClN2O2/c1-10-6-11(2)15-13(7-10)8-14(16(18)19-15)17(21)20-4-5-22-9-12(20)3/h6-8,12H,4-5,9H2,1-3H3. The Morgan fingerprint density at radius 1 is 1.36 bits per heavy atom. The number of carbonyl (C=O) groups excluding carboxylic acids is 1. The van der Waals surface area contributed by atoms with E-state index in [9.17, 15) is 4.79 Å². The number of halogens is 1. The topological polar surface area (TPSA) is 42.4 Å². The molecule has 116 valence electrons. The summed E-state index contributed by atoms with van der Waals surface area (Å²) in [4.78, 5) is 19.0. The van der Waals surface area contributed by atoms with Crippen molar-refractivity contribution in [2.75, 3.05) is 19.8 Å². The number of carbonyl (C=O) groups is 1. The van der Waals surface area contributed by atoms with Crippen LogP contribution in [0.1, 0.15) is 28.4 Å². The van der Waals surface area contributed by atoms with Crippen molar-refractivity contribution in [3.63, 3.8) is 0 Å². The molecule has 1 fully saturated rings. The summed E-state index contributed by atoms with van der Waals surface area (Å²) >= 11 is 6.29. The van der Waals surface area contributed by atoms with Crippen LogP contribution in [-0.4, -0.2) is 41.6 Å². The molecule has 0 saturated carbocycles. The second kappa shape index (κ2) is 5.86. The monoisotopic (exact) mass is 318 g/mol. The van der Waals surface area contributed by atoms with Gasteiger partial charge in [-0.25, -0.2) is 4.98 Å². The molecule has 4 nitrogen and oxygen atoms in total. The quantitative estimate of drug-likeness (QED) is 0.757. The molecule has 0 spiro atoms. The lowest BCUT2D eigenvalue weighted by Crippen LogP contribution is -2.47. The first-order valence-electron chi connectivity index (χ1n) is 7.43. The number of rotatable bonds is 1. The molecule has 0 N–H and O–H groups in total. The zero-order valence-electron chi connectivity index (χ0n) is 13.0. The van der Waals surface area contributed by atoms with Gasteiger partial charge in [0.25, 0.3) is 5.91 Å². The highest BCUT2D eigenvalue weighted by molar-refractivity contribution is 6.33. The van der Waals surface area contributed by atoms with Gasteiger partial charge >= 0.3 is 0 Å². The highest BCUT2D eigenvalue weighted by atomic mass is 35.5. The molecule has 0 radical (unpaired) electrons. The Balaban J connectivity index is 2.06. The lowest BCUT2D eigenvalue weighted by Gasteiger charge is -2.33. The van der Waals surface area contributed by atoms with Crippen LogP contribution in [0.25, 0.3) is 10.9 Å². The van der Waals surface area contributed by atoms with Crippen molar-refractivity contribution in [2.24, 2.45) is 0 Å². The van der Waals surface area contributed by atoms with Crippen LogP contribution in [0.3, 0.4) is 0 Å². The largest absolute Gasteiger partial charge is 0.377 e. The first-order valence-corrected chi connectivity index (χ1v) is 7.81. The van der Waals surface area contributed by atoms with E-state index in [1.807, 2.05) is 32.9 Å². The number of aryl methyl sites for hydroxylation is 2. The van der Waals surface area contributed by atoms with Gasteiger partial charge in [-0.15, -0.1) is 0 Å². The highest BCUT2D eigenvalue weighted by Gasteiger charge is 2.27. The Morgan fingerprint density at radius 2 is 2.14 bits per heavy atom. The molecule has 3 rings (SSSR count). The summed E-state index contributed by atoms with van der Waals surface area (Å²) in [6.45, 7) is 7.72. The maximum Gasteiger partial charge on any atom is 0.257 e. The number of morpholine rings is 1. The maximum atomic E-state index is 12.8. The molecule has 1 amide bonds. The van der Waals surface area contributed by atoms with E-state index in [4.69, 9.17) is 16.3 Å². The van der Waals surface area contributed by atoms with Crippen molar-refractivity contribution < 1.29 is 9.53 Å². The number of pyridine rings is 1. The normalized spacial score (nSPS) is 18.7.